The second-order valence-corrected chi connectivity index (χ2v) is 5.38. The fourth-order valence-electron chi connectivity index (χ4n) is 1.74. The molecular weight excluding hydrogens is 278 g/mol. The van der Waals surface area contributed by atoms with Crippen molar-refractivity contribution in [3.8, 4) is 5.75 Å². The van der Waals surface area contributed by atoms with E-state index in [2.05, 4.69) is 29.8 Å². The van der Waals surface area contributed by atoms with Crippen LogP contribution in [0.25, 0.3) is 0 Å². The number of rotatable bonds is 6. The topological polar surface area (TPSA) is 35.2 Å². The summed E-state index contributed by atoms with van der Waals surface area (Å²) in [6.07, 6.45) is 2.31. The van der Waals surface area contributed by atoms with E-state index in [0.717, 1.165) is 35.2 Å². The maximum atomic E-state index is 5.95. The van der Waals surface area contributed by atoms with E-state index in [9.17, 15) is 0 Å². The third kappa shape index (κ3) is 4.32. The molecule has 0 aliphatic heterocycles. The van der Waals surface area contributed by atoms with Gasteiger partial charge in [0.25, 0.3) is 0 Å². The molecule has 17 heavy (non-hydrogen) atoms. The second-order valence-electron chi connectivity index (χ2n) is 4.46. The van der Waals surface area contributed by atoms with Crippen LogP contribution in [-0.4, -0.2) is 6.61 Å². The van der Waals surface area contributed by atoms with Crippen molar-refractivity contribution in [2.24, 2.45) is 11.7 Å². The van der Waals surface area contributed by atoms with Crippen LogP contribution >= 0.6 is 15.9 Å². The first kappa shape index (κ1) is 14.5. The van der Waals surface area contributed by atoms with Crippen LogP contribution in [0.5, 0.6) is 5.75 Å². The van der Waals surface area contributed by atoms with Crippen LogP contribution in [0.2, 0.25) is 0 Å². The van der Waals surface area contributed by atoms with Crippen LogP contribution < -0.4 is 10.5 Å². The zero-order chi connectivity index (χ0) is 12.8. The first-order chi connectivity index (χ1) is 8.08. The fourth-order valence-corrected chi connectivity index (χ4v) is 2.12. The molecule has 0 aliphatic rings. The zero-order valence-corrected chi connectivity index (χ0v) is 12.5. The van der Waals surface area contributed by atoms with Gasteiger partial charge in [0.2, 0.25) is 0 Å². The Morgan fingerprint density at radius 1 is 1.29 bits per heavy atom. The molecule has 1 rings (SSSR count). The maximum Gasteiger partial charge on any atom is 0.124 e. The predicted molar refractivity (Wildman–Crippen MR) is 76.3 cm³/mol. The Kier molecular flexibility index (Phi) is 6.00. The quantitative estimate of drug-likeness (QED) is 0.851. The van der Waals surface area contributed by atoms with Crippen molar-refractivity contribution >= 4 is 15.9 Å². The highest BCUT2D eigenvalue weighted by Crippen LogP contribution is 2.28. The lowest BCUT2D eigenvalue weighted by atomic mass is 10.0. The van der Waals surface area contributed by atoms with Crippen LogP contribution in [0.1, 0.15) is 45.2 Å². The van der Waals surface area contributed by atoms with Crippen LogP contribution in [0.3, 0.4) is 0 Å². The van der Waals surface area contributed by atoms with E-state index in [0.29, 0.717) is 5.92 Å². The number of halogens is 1. The van der Waals surface area contributed by atoms with Gasteiger partial charge in [0, 0.05) is 16.1 Å². The predicted octanol–water partition coefficient (Wildman–Crippen LogP) is 4.28. The summed E-state index contributed by atoms with van der Waals surface area (Å²) in [7, 11) is 0. The van der Waals surface area contributed by atoms with E-state index < -0.39 is 0 Å². The molecule has 1 atom stereocenters. The molecule has 0 saturated heterocycles. The standard InChI is InChI=1S/C14H22BrNO/c1-4-11(5-2)9-17-14-7-6-12(15)8-13(14)10(3)16/h6-8,10-11H,4-5,9,16H2,1-3H3/t10-/m1/s1. The molecule has 2 N–H and O–H groups in total. The van der Waals surface area contributed by atoms with Crippen molar-refractivity contribution < 1.29 is 4.74 Å². The summed E-state index contributed by atoms with van der Waals surface area (Å²) in [6.45, 7) is 7.15. The molecule has 0 unspecified atom stereocenters. The summed E-state index contributed by atoms with van der Waals surface area (Å²) in [4.78, 5) is 0. The second kappa shape index (κ2) is 7.02. The average molecular weight is 300 g/mol. The Balaban J connectivity index is 2.76. The van der Waals surface area contributed by atoms with Crippen molar-refractivity contribution in [1.82, 2.24) is 0 Å². The van der Waals surface area contributed by atoms with E-state index >= 15 is 0 Å². The van der Waals surface area contributed by atoms with Gasteiger partial charge in [-0.2, -0.15) is 0 Å². The summed E-state index contributed by atoms with van der Waals surface area (Å²) in [5.74, 6) is 1.54. The average Bonchev–Trinajstić information content (AvgIpc) is 2.31. The molecule has 0 saturated carbocycles. The van der Waals surface area contributed by atoms with Gasteiger partial charge in [-0.15, -0.1) is 0 Å². The molecule has 0 amide bonds. The Morgan fingerprint density at radius 3 is 2.47 bits per heavy atom. The lowest BCUT2D eigenvalue weighted by molar-refractivity contribution is 0.238. The summed E-state index contributed by atoms with van der Waals surface area (Å²) >= 11 is 3.46. The van der Waals surface area contributed by atoms with Gasteiger partial charge in [-0.05, 0) is 31.0 Å². The third-order valence-electron chi connectivity index (χ3n) is 3.09. The van der Waals surface area contributed by atoms with Gasteiger partial charge in [0.05, 0.1) is 6.61 Å². The molecule has 96 valence electrons. The normalized spacial score (nSPS) is 12.8. The summed E-state index contributed by atoms with van der Waals surface area (Å²) in [5, 5.41) is 0. The van der Waals surface area contributed by atoms with Gasteiger partial charge in [-0.3, -0.25) is 0 Å². The lowest BCUT2D eigenvalue weighted by Crippen LogP contribution is -2.13. The van der Waals surface area contributed by atoms with E-state index in [1.54, 1.807) is 0 Å². The van der Waals surface area contributed by atoms with Crippen LogP contribution in [0.4, 0.5) is 0 Å². The first-order valence-electron chi connectivity index (χ1n) is 6.26. The highest BCUT2D eigenvalue weighted by Gasteiger charge is 2.11. The molecule has 0 fully saturated rings. The number of ether oxygens (including phenoxy) is 1. The first-order valence-corrected chi connectivity index (χ1v) is 7.05. The fraction of sp³-hybridized carbons (Fsp3) is 0.571. The molecule has 1 aromatic rings. The Bertz CT molecular complexity index is 348. The van der Waals surface area contributed by atoms with E-state index in [-0.39, 0.29) is 6.04 Å². The third-order valence-corrected chi connectivity index (χ3v) is 3.58. The summed E-state index contributed by atoms with van der Waals surface area (Å²) in [6, 6.07) is 6.01. The Labute approximate surface area is 113 Å². The van der Waals surface area contributed by atoms with Crippen LogP contribution in [0, 0.1) is 5.92 Å². The van der Waals surface area contributed by atoms with Gasteiger partial charge in [-0.25, -0.2) is 0 Å². The Morgan fingerprint density at radius 2 is 1.94 bits per heavy atom. The van der Waals surface area contributed by atoms with Crippen molar-refractivity contribution in [3.63, 3.8) is 0 Å². The molecule has 0 radical (unpaired) electrons. The molecular formula is C14H22BrNO. The monoisotopic (exact) mass is 299 g/mol. The number of benzene rings is 1. The van der Waals surface area contributed by atoms with E-state index in [1.807, 2.05) is 25.1 Å². The highest BCUT2D eigenvalue weighted by molar-refractivity contribution is 9.10. The van der Waals surface area contributed by atoms with Crippen molar-refractivity contribution in [2.45, 2.75) is 39.7 Å². The summed E-state index contributed by atoms with van der Waals surface area (Å²) < 4.78 is 6.94. The minimum atomic E-state index is -0.01000. The van der Waals surface area contributed by atoms with Crippen molar-refractivity contribution in [2.75, 3.05) is 6.61 Å². The molecule has 1 aromatic carbocycles. The van der Waals surface area contributed by atoms with Gasteiger partial charge in [0.1, 0.15) is 5.75 Å². The number of hydrogen-bond donors (Lipinski definition) is 1. The SMILES string of the molecule is CCC(CC)COc1ccc(Br)cc1[C@@H](C)N. The minimum absolute atomic E-state index is 0.01000. The van der Waals surface area contributed by atoms with Gasteiger partial charge in [-0.1, -0.05) is 42.6 Å². The van der Waals surface area contributed by atoms with Crippen LogP contribution in [0.15, 0.2) is 22.7 Å². The minimum Gasteiger partial charge on any atom is -0.493 e. The molecule has 0 bridgehead atoms. The molecule has 0 spiro atoms. The molecule has 0 aliphatic carbocycles. The van der Waals surface area contributed by atoms with Gasteiger partial charge in [0.15, 0.2) is 0 Å². The highest BCUT2D eigenvalue weighted by atomic mass is 79.9. The van der Waals surface area contributed by atoms with Gasteiger partial charge >= 0.3 is 0 Å². The molecule has 0 aromatic heterocycles. The van der Waals surface area contributed by atoms with E-state index in [1.165, 1.54) is 0 Å². The number of hydrogen-bond acceptors (Lipinski definition) is 2. The van der Waals surface area contributed by atoms with Crippen molar-refractivity contribution in [1.29, 1.82) is 0 Å². The van der Waals surface area contributed by atoms with Crippen molar-refractivity contribution in [3.05, 3.63) is 28.2 Å². The Hall–Kier alpha value is -0.540. The molecule has 2 nitrogen and oxygen atoms in total. The number of nitrogens with two attached hydrogens (primary N) is 1. The zero-order valence-electron chi connectivity index (χ0n) is 10.9. The summed E-state index contributed by atoms with van der Waals surface area (Å²) in [5.41, 5.74) is 7.01. The van der Waals surface area contributed by atoms with Gasteiger partial charge < -0.3 is 10.5 Å². The van der Waals surface area contributed by atoms with E-state index in [4.69, 9.17) is 10.5 Å². The molecule has 0 heterocycles. The lowest BCUT2D eigenvalue weighted by Gasteiger charge is -2.18. The molecule has 3 heteroatoms. The largest absolute Gasteiger partial charge is 0.493 e. The smallest absolute Gasteiger partial charge is 0.124 e. The maximum absolute atomic E-state index is 5.95. The van der Waals surface area contributed by atoms with Crippen LogP contribution in [-0.2, 0) is 0 Å².